The minimum atomic E-state index is 0.470. The van der Waals surface area contributed by atoms with Crippen LogP contribution in [0.15, 0.2) is 0 Å². The van der Waals surface area contributed by atoms with Gasteiger partial charge in [-0.25, -0.2) is 0 Å². The molecule has 2 aliphatic rings. The summed E-state index contributed by atoms with van der Waals surface area (Å²) in [5.41, 5.74) is 0. The lowest BCUT2D eigenvalue weighted by Crippen LogP contribution is -2.47. The molecule has 0 radical (unpaired) electrons. The van der Waals surface area contributed by atoms with Gasteiger partial charge in [0.2, 0.25) is 0 Å². The average molecular weight is 216 g/mol. The molecule has 4 heteroatoms. The van der Waals surface area contributed by atoms with Gasteiger partial charge in [0.15, 0.2) is 0 Å². The van der Waals surface area contributed by atoms with E-state index in [-0.39, 0.29) is 0 Å². The number of rotatable bonds is 3. The number of ether oxygens (including phenoxy) is 1. The minimum Gasteiger partial charge on any atom is -0.376 e. The lowest BCUT2D eigenvalue weighted by molar-refractivity contribution is -0.0311. The topological polar surface area (TPSA) is 24.5 Å². The number of nitrogens with one attached hydrogen (secondary N) is 1. The van der Waals surface area contributed by atoms with Crippen molar-refractivity contribution in [2.45, 2.75) is 25.5 Å². The summed E-state index contributed by atoms with van der Waals surface area (Å²) in [4.78, 5) is 2.54. The first-order chi connectivity index (χ1) is 6.88. The summed E-state index contributed by atoms with van der Waals surface area (Å²) in [6.45, 7) is 6.56. The van der Waals surface area contributed by atoms with Crippen LogP contribution in [0.4, 0.5) is 0 Å². The maximum Gasteiger partial charge on any atom is 0.0700 e. The Morgan fingerprint density at radius 2 is 2.50 bits per heavy atom. The van der Waals surface area contributed by atoms with Gasteiger partial charge < -0.3 is 10.1 Å². The van der Waals surface area contributed by atoms with Crippen molar-refractivity contribution in [3.05, 3.63) is 0 Å². The summed E-state index contributed by atoms with van der Waals surface area (Å²) >= 11 is 2.01. The lowest BCUT2D eigenvalue weighted by Gasteiger charge is -2.33. The second-order valence-electron chi connectivity index (χ2n) is 4.08. The van der Waals surface area contributed by atoms with Gasteiger partial charge in [-0.2, -0.15) is 0 Å². The van der Waals surface area contributed by atoms with E-state index in [1.165, 1.54) is 12.3 Å². The lowest BCUT2D eigenvalue weighted by atomic mass is 10.2. The molecule has 2 rings (SSSR count). The van der Waals surface area contributed by atoms with Crippen LogP contribution in [0.25, 0.3) is 0 Å². The highest BCUT2D eigenvalue weighted by Gasteiger charge is 2.23. The molecule has 3 nitrogen and oxygen atoms in total. The van der Waals surface area contributed by atoms with E-state index in [9.17, 15) is 0 Å². The molecule has 2 fully saturated rings. The third-order valence-electron chi connectivity index (χ3n) is 2.95. The first-order valence-electron chi connectivity index (χ1n) is 5.53. The van der Waals surface area contributed by atoms with Gasteiger partial charge in [-0.15, -0.1) is 11.8 Å². The van der Waals surface area contributed by atoms with Crippen LogP contribution in [0.3, 0.4) is 0 Å². The number of thioether (sulfide) groups is 1. The number of nitrogens with zero attached hydrogens (tertiary/aromatic N) is 1. The molecule has 0 amide bonds. The van der Waals surface area contributed by atoms with Gasteiger partial charge in [-0.05, 0) is 6.42 Å². The quantitative estimate of drug-likeness (QED) is 0.753. The molecular weight excluding hydrogens is 196 g/mol. The Kier molecular flexibility index (Phi) is 4.10. The molecule has 0 bridgehead atoms. The van der Waals surface area contributed by atoms with Crippen LogP contribution in [-0.4, -0.2) is 54.9 Å². The van der Waals surface area contributed by atoms with Crippen LogP contribution < -0.4 is 5.32 Å². The third kappa shape index (κ3) is 2.86. The van der Waals surface area contributed by atoms with E-state index in [0.29, 0.717) is 12.1 Å². The van der Waals surface area contributed by atoms with E-state index in [2.05, 4.69) is 17.1 Å². The van der Waals surface area contributed by atoms with Crippen LogP contribution in [0, 0.1) is 0 Å². The Hall–Kier alpha value is 0.230. The maximum atomic E-state index is 5.65. The first kappa shape index (κ1) is 10.7. The zero-order valence-corrected chi connectivity index (χ0v) is 9.68. The van der Waals surface area contributed by atoms with Gasteiger partial charge in [-0.3, -0.25) is 4.90 Å². The predicted molar refractivity (Wildman–Crippen MR) is 60.7 cm³/mol. The molecule has 2 heterocycles. The molecule has 0 aliphatic carbocycles. The molecule has 2 aliphatic heterocycles. The normalized spacial score (nSPS) is 34.9. The van der Waals surface area contributed by atoms with E-state index in [4.69, 9.17) is 4.74 Å². The average Bonchev–Trinajstić information content (AvgIpc) is 2.71. The molecule has 0 aromatic heterocycles. The first-order valence-corrected chi connectivity index (χ1v) is 6.69. The Morgan fingerprint density at radius 1 is 1.57 bits per heavy atom. The smallest absolute Gasteiger partial charge is 0.0700 e. The predicted octanol–water partition coefficient (Wildman–Crippen LogP) is 0.760. The van der Waals surface area contributed by atoms with Crippen molar-refractivity contribution in [2.24, 2.45) is 0 Å². The van der Waals surface area contributed by atoms with Gasteiger partial charge in [0.05, 0.1) is 12.7 Å². The van der Waals surface area contributed by atoms with E-state index >= 15 is 0 Å². The highest BCUT2D eigenvalue weighted by molar-refractivity contribution is 7.99. The molecule has 0 saturated carbocycles. The highest BCUT2D eigenvalue weighted by atomic mass is 32.2. The zero-order valence-electron chi connectivity index (χ0n) is 8.87. The van der Waals surface area contributed by atoms with E-state index in [1.807, 2.05) is 11.8 Å². The number of hydrogen-bond donors (Lipinski definition) is 1. The fraction of sp³-hybridized carbons (Fsp3) is 1.00. The maximum absolute atomic E-state index is 5.65. The second kappa shape index (κ2) is 5.35. The number of morpholine rings is 1. The second-order valence-corrected chi connectivity index (χ2v) is 5.11. The SMILES string of the molecule is CCC1CN(CC2CSCN2)CCO1. The standard InChI is InChI=1S/C10H20N2OS/c1-2-10-6-12(3-4-13-10)5-9-7-14-8-11-9/h9-11H,2-8H2,1H3. The summed E-state index contributed by atoms with van der Waals surface area (Å²) < 4.78 is 5.65. The van der Waals surface area contributed by atoms with Crippen LogP contribution in [0.2, 0.25) is 0 Å². The molecule has 2 atom stereocenters. The molecule has 0 aromatic rings. The molecule has 82 valence electrons. The van der Waals surface area contributed by atoms with E-state index in [0.717, 1.165) is 32.0 Å². The van der Waals surface area contributed by atoms with Gasteiger partial charge in [0.25, 0.3) is 0 Å². The van der Waals surface area contributed by atoms with Gasteiger partial charge >= 0.3 is 0 Å². The summed E-state index contributed by atoms with van der Waals surface area (Å²) in [7, 11) is 0. The third-order valence-corrected chi connectivity index (χ3v) is 3.96. The van der Waals surface area contributed by atoms with Crippen LogP contribution >= 0.6 is 11.8 Å². The van der Waals surface area contributed by atoms with Crippen LogP contribution in [0.5, 0.6) is 0 Å². The molecular formula is C10H20N2OS. The molecule has 14 heavy (non-hydrogen) atoms. The molecule has 2 saturated heterocycles. The molecule has 0 spiro atoms. The molecule has 1 N–H and O–H groups in total. The highest BCUT2D eigenvalue weighted by Crippen LogP contribution is 2.13. The van der Waals surface area contributed by atoms with Crippen molar-refractivity contribution in [3.63, 3.8) is 0 Å². The van der Waals surface area contributed by atoms with Gasteiger partial charge in [-0.1, -0.05) is 6.92 Å². The summed E-state index contributed by atoms with van der Waals surface area (Å²) in [5.74, 6) is 2.40. The summed E-state index contributed by atoms with van der Waals surface area (Å²) in [5, 5.41) is 3.52. The zero-order chi connectivity index (χ0) is 9.80. The van der Waals surface area contributed by atoms with Crippen molar-refractivity contribution in [1.29, 1.82) is 0 Å². The van der Waals surface area contributed by atoms with Crippen molar-refractivity contribution >= 4 is 11.8 Å². The summed E-state index contributed by atoms with van der Waals surface area (Å²) in [6, 6.07) is 0.704. The molecule has 2 unspecified atom stereocenters. The van der Waals surface area contributed by atoms with Gasteiger partial charge in [0, 0.05) is 37.3 Å². The van der Waals surface area contributed by atoms with Crippen LogP contribution in [-0.2, 0) is 4.74 Å². The Morgan fingerprint density at radius 3 is 3.21 bits per heavy atom. The fourth-order valence-corrected chi connectivity index (χ4v) is 3.04. The van der Waals surface area contributed by atoms with Crippen LogP contribution in [0.1, 0.15) is 13.3 Å². The largest absolute Gasteiger partial charge is 0.376 e. The Balaban J connectivity index is 1.73. The van der Waals surface area contributed by atoms with E-state index < -0.39 is 0 Å². The molecule has 0 aromatic carbocycles. The number of hydrogen-bond acceptors (Lipinski definition) is 4. The van der Waals surface area contributed by atoms with E-state index in [1.54, 1.807) is 0 Å². The summed E-state index contributed by atoms with van der Waals surface area (Å²) in [6.07, 6.45) is 1.61. The minimum absolute atomic E-state index is 0.470. The van der Waals surface area contributed by atoms with Gasteiger partial charge in [0.1, 0.15) is 0 Å². The fourth-order valence-electron chi connectivity index (χ4n) is 2.06. The van der Waals surface area contributed by atoms with Crippen molar-refractivity contribution in [2.75, 3.05) is 37.9 Å². The monoisotopic (exact) mass is 216 g/mol. The Bertz CT molecular complexity index is 174. The van der Waals surface area contributed by atoms with Crippen molar-refractivity contribution < 1.29 is 4.74 Å². The van der Waals surface area contributed by atoms with Crippen molar-refractivity contribution in [3.8, 4) is 0 Å². The van der Waals surface area contributed by atoms with Crippen molar-refractivity contribution in [1.82, 2.24) is 10.2 Å². The Labute approximate surface area is 90.6 Å².